The first-order valence-electron chi connectivity index (χ1n) is 4.88. The molecule has 0 heterocycles. The van der Waals surface area contributed by atoms with Gasteiger partial charge in [0, 0.05) is 15.4 Å². The number of carbonyl (C=O) groups excluding carboxylic acids is 1. The molecular formula is C13H8Cl2OS. The quantitative estimate of drug-likeness (QED) is 0.741. The summed E-state index contributed by atoms with van der Waals surface area (Å²) in [7, 11) is 0. The average molecular weight is 283 g/mol. The van der Waals surface area contributed by atoms with Gasteiger partial charge in [-0.15, -0.1) is 0 Å². The van der Waals surface area contributed by atoms with Gasteiger partial charge in [-0.1, -0.05) is 53.2 Å². The van der Waals surface area contributed by atoms with Crippen molar-refractivity contribution >= 4 is 41.2 Å². The highest BCUT2D eigenvalue weighted by Gasteiger charge is 2.05. The fourth-order valence-corrected chi connectivity index (χ4v) is 2.65. The van der Waals surface area contributed by atoms with Crippen molar-refractivity contribution in [1.29, 1.82) is 0 Å². The standard InChI is InChI=1S/C13H8Cl2OS/c14-11-6-5-10(7-12(11)15)17-13-4-2-1-3-9(13)8-16/h1-8H. The summed E-state index contributed by atoms with van der Waals surface area (Å²) in [6, 6.07) is 12.8. The summed E-state index contributed by atoms with van der Waals surface area (Å²) in [6.45, 7) is 0. The van der Waals surface area contributed by atoms with Crippen molar-refractivity contribution in [1.82, 2.24) is 0 Å². The van der Waals surface area contributed by atoms with Gasteiger partial charge in [0.1, 0.15) is 0 Å². The fraction of sp³-hybridized carbons (Fsp3) is 0. The van der Waals surface area contributed by atoms with Crippen molar-refractivity contribution in [2.45, 2.75) is 9.79 Å². The topological polar surface area (TPSA) is 17.1 Å². The molecule has 86 valence electrons. The van der Waals surface area contributed by atoms with Gasteiger partial charge in [0.15, 0.2) is 6.29 Å². The number of aldehydes is 1. The Balaban J connectivity index is 2.31. The molecule has 0 radical (unpaired) electrons. The van der Waals surface area contributed by atoms with E-state index < -0.39 is 0 Å². The molecule has 0 saturated carbocycles. The van der Waals surface area contributed by atoms with Crippen molar-refractivity contribution in [3.05, 3.63) is 58.1 Å². The van der Waals surface area contributed by atoms with Gasteiger partial charge >= 0.3 is 0 Å². The molecule has 0 aliphatic heterocycles. The average Bonchev–Trinajstić information content (AvgIpc) is 2.34. The van der Waals surface area contributed by atoms with Gasteiger partial charge in [0.2, 0.25) is 0 Å². The van der Waals surface area contributed by atoms with Gasteiger partial charge in [-0.05, 0) is 24.3 Å². The highest BCUT2D eigenvalue weighted by atomic mass is 35.5. The first-order valence-corrected chi connectivity index (χ1v) is 6.45. The van der Waals surface area contributed by atoms with Crippen molar-refractivity contribution in [3.63, 3.8) is 0 Å². The number of hydrogen-bond donors (Lipinski definition) is 0. The number of halogens is 2. The third kappa shape index (κ3) is 3.03. The van der Waals surface area contributed by atoms with Crippen LogP contribution in [0.5, 0.6) is 0 Å². The van der Waals surface area contributed by atoms with Crippen LogP contribution in [0.4, 0.5) is 0 Å². The van der Waals surface area contributed by atoms with E-state index in [1.165, 1.54) is 11.8 Å². The van der Waals surface area contributed by atoms with Gasteiger partial charge in [-0.2, -0.15) is 0 Å². The zero-order valence-corrected chi connectivity index (χ0v) is 11.0. The maximum absolute atomic E-state index is 10.9. The molecular weight excluding hydrogens is 275 g/mol. The van der Waals surface area contributed by atoms with Crippen LogP contribution in [0.3, 0.4) is 0 Å². The zero-order chi connectivity index (χ0) is 12.3. The van der Waals surface area contributed by atoms with E-state index in [1.54, 1.807) is 18.2 Å². The fourth-order valence-electron chi connectivity index (χ4n) is 1.34. The van der Waals surface area contributed by atoms with E-state index in [4.69, 9.17) is 23.2 Å². The molecule has 2 rings (SSSR count). The summed E-state index contributed by atoms with van der Waals surface area (Å²) in [5.74, 6) is 0. The number of benzene rings is 2. The van der Waals surface area contributed by atoms with Gasteiger partial charge in [-0.25, -0.2) is 0 Å². The second-order valence-electron chi connectivity index (χ2n) is 3.33. The van der Waals surface area contributed by atoms with Crippen LogP contribution in [-0.2, 0) is 0 Å². The first-order chi connectivity index (χ1) is 8.20. The minimum absolute atomic E-state index is 0.514. The van der Waals surface area contributed by atoms with Crippen molar-refractivity contribution in [3.8, 4) is 0 Å². The van der Waals surface area contributed by atoms with E-state index in [9.17, 15) is 4.79 Å². The normalized spacial score (nSPS) is 10.2. The van der Waals surface area contributed by atoms with Gasteiger partial charge in [0.05, 0.1) is 10.0 Å². The molecule has 17 heavy (non-hydrogen) atoms. The van der Waals surface area contributed by atoms with E-state index >= 15 is 0 Å². The Morgan fingerprint density at radius 3 is 2.47 bits per heavy atom. The third-order valence-electron chi connectivity index (χ3n) is 2.16. The van der Waals surface area contributed by atoms with E-state index in [0.29, 0.717) is 15.6 Å². The number of rotatable bonds is 3. The monoisotopic (exact) mass is 282 g/mol. The molecule has 2 aromatic rings. The van der Waals surface area contributed by atoms with Gasteiger partial charge in [-0.3, -0.25) is 4.79 Å². The van der Waals surface area contributed by atoms with Crippen LogP contribution in [-0.4, -0.2) is 6.29 Å². The molecule has 0 aliphatic rings. The maximum atomic E-state index is 10.9. The number of carbonyl (C=O) groups is 1. The van der Waals surface area contributed by atoms with E-state index in [2.05, 4.69) is 0 Å². The zero-order valence-electron chi connectivity index (χ0n) is 8.69. The molecule has 0 bridgehead atoms. The maximum Gasteiger partial charge on any atom is 0.151 e. The molecule has 0 unspecified atom stereocenters. The lowest BCUT2D eigenvalue weighted by molar-refractivity contribution is 0.112. The molecule has 0 aromatic heterocycles. The Bertz CT molecular complexity index is 555. The summed E-state index contributed by atoms with van der Waals surface area (Å²) >= 11 is 13.3. The van der Waals surface area contributed by atoms with Crippen molar-refractivity contribution < 1.29 is 4.79 Å². The van der Waals surface area contributed by atoms with Gasteiger partial charge in [0.25, 0.3) is 0 Å². The summed E-state index contributed by atoms with van der Waals surface area (Å²) in [5, 5.41) is 1.04. The lowest BCUT2D eigenvalue weighted by Crippen LogP contribution is -1.84. The Labute approximate surface area is 114 Å². The van der Waals surface area contributed by atoms with Crippen molar-refractivity contribution in [2.24, 2.45) is 0 Å². The summed E-state index contributed by atoms with van der Waals surface area (Å²) in [5.41, 5.74) is 0.670. The Kier molecular flexibility index (Phi) is 4.11. The molecule has 1 nitrogen and oxygen atoms in total. The van der Waals surface area contributed by atoms with E-state index in [-0.39, 0.29) is 0 Å². The van der Waals surface area contributed by atoms with Crippen molar-refractivity contribution in [2.75, 3.05) is 0 Å². The molecule has 0 aliphatic carbocycles. The van der Waals surface area contributed by atoms with Crippen LogP contribution in [0.15, 0.2) is 52.3 Å². The van der Waals surface area contributed by atoms with Crippen LogP contribution in [0.2, 0.25) is 10.0 Å². The molecule has 0 amide bonds. The van der Waals surface area contributed by atoms with Gasteiger partial charge < -0.3 is 0 Å². The summed E-state index contributed by atoms with van der Waals surface area (Å²) in [6.07, 6.45) is 0.847. The lowest BCUT2D eigenvalue weighted by atomic mass is 10.2. The summed E-state index contributed by atoms with van der Waals surface area (Å²) < 4.78 is 0. The molecule has 0 spiro atoms. The minimum Gasteiger partial charge on any atom is -0.298 e. The second-order valence-corrected chi connectivity index (χ2v) is 5.26. The van der Waals surface area contributed by atoms with Crippen LogP contribution in [0, 0.1) is 0 Å². The second kappa shape index (κ2) is 5.58. The molecule has 0 fully saturated rings. The van der Waals surface area contributed by atoms with Crippen LogP contribution >= 0.6 is 35.0 Å². The lowest BCUT2D eigenvalue weighted by Gasteiger charge is -2.05. The van der Waals surface area contributed by atoms with E-state index in [0.717, 1.165) is 16.1 Å². The van der Waals surface area contributed by atoms with Crippen LogP contribution in [0.1, 0.15) is 10.4 Å². The number of hydrogen-bond acceptors (Lipinski definition) is 2. The predicted octanol–water partition coefficient (Wildman–Crippen LogP) is 4.96. The Morgan fingerprint density at radius 1 is 1.00 bits per heavy atom. The predicted molar refractivity (Wildman–Crippen MR) is 72.4 cm³/mol. The molecule has 4 heteroatoms. The first kappa shape index (κ1) is 12.5. The van der Waals surface area contributed by atoms with Crippen LogP contribution < -0.4 is 0 Å². The third-order valence-corrected chi connectivity index (χ3v) is 3.99. The molecule has 2 aromatic carbocycles. The molecule has 0 atom stereocenters. The van der Waals surface area contributed by atoms with Crippen LogP contribution in [0.25, 0.3) is 0 Å². The largest absolute Gasteiger partial charge is 0.298 e. The Hall–Kier alpha value is -0.960. The Morgan fingerprint density at radius 2 is 1.76 bits per heavy atom. The molecule has 0 N–H and O–H groups in total. The summed E-state index contributed by atoms with van der Waals surface area (Å²) in [4.78, 5) is 12.7. The van der Waals surface area contributed by atoms with E-state index in [1.807, 2.05) is 24.3 Å². The smallest absolute Gasteiger partial charge is 0.151 e. The molecule has 0 saturated heterocycles. The SMILES string of the molecule is O=Cc1ccccc1Sc1ccc(Cl)c(Cl)c1. The highest BCUT2D eigenvalue weighted by Crippen LogP contribution is 2.33. The minimum atomic E-state index is 0.514. The highest BCUT2D eigenvalue weighted by molar-refractivity contribution is 7.99.